The highest BCUT2D eigenvalue weighted by Crippen LogP contribution is 2.54. The topological polar surface area (TPSA) is 99.9 Å². The van der Waals surface area contributed by atoms with Crippen molar-refractivity contribution in [2.45, 2.75) is 95.0 Å². The predicted octanol–water partition coefficient (Wildman–Crippen LogP) is 5.35. The summed E-state index contributed by atoms with van der Waals surface area (Å²) in [6, 6.07) is 15.3. The molecule has 5 rings (SSSR count). The first kappa shape index (κ1) is 25.7. The van der Waals surface area contributed by atoms with E-state index in [9.17, 15) is 9.59 Å². The lowest BCUT2D eigenvalue weighted by Gasteiger charge is -2.44. The van der Waals surface area contributed by atoms with Crippen molar-refractivity contribution >= 4 is 11.9 Å². The number of primary amides is 1. The summed E-state index contributed by atoms with van der Waals surface area (Å²) in [5, 5.41) is 0. The minimum absolute atomic E-state index is 0.176. The van der Waals surface area contributed by atoms with E-state index in [1.807, 2.05) is 51.1 Å². The molecule has 4 atom stereocenters. The molecule has 37 heavy (non-hydrogen) atoms. The molecule has 2 aliphatic carbocycles. The van der Waals surface area contributed by atoms with E-state index in [-0.39, 0.29) is 30.0 Å². The van der Waals surface area contributed by atoms with Crippen molar-refractivity contribution in [1.29, 1.82) is 0 Å². The molecule has 3 aliphatic rings. The van der Waals surface area contributed by atoms with Gasteiger partial charge in [0.2, 0.25) is 5.91 Å². The zero-order chi connectivity index (χ0) is 26.2. The molecule has 3 N–H and O–H groups in total. The third kappa shape index (κ3) is 5.39. The van der Waals surface area contributed by atoms with Crippen LogP contribution in [0.1, 0.15) is 99.2 Å². The van der Waals surface area contributed by atoms with Crippen LogP contribution in [-0.4, -0.2) is 29.2 Å². The standard InChI is InChI=1S/C30H38N2O5/c1-29(2,3)36-28(34)22-13-8-16-30(26(22)19-9-5-4-6-10-19)18-24(32-37-30)23-17-20(27(31)33)14-15-25(23)35-21-11-7-12-21/h4-6,9-10,14-15,17,21-22,24,26,32H,7-8,11-13,16,18H2,1-3H3,(H2,31,33)/t22?,24-,26+,30+/m0/s1. The minimum Gasteiger partial charge on any atom is -0.490 e. The summed E-state index contributed by atoms with van der Waals surface area (Å²) in [6.45, 7) is 5.71. The Hall–Kier alpha value is -2.90. The fourth-order valence-electron chi connectivity index (χ4n) is 6.02. The van der Waals surface area contributed by atoms with Crippen LogP contribution in [0.25, 0.3) is 0 Å². The Bertz CT molecular complexity index is 1140. The van der Waals surface area contributed by atoms with E-state index in [0.717, 1.165) is 55.4 Å². The van der Waals surface area contributed by atoms with Crippen LogP contribution in [0.5, 0.6) is 5.75 Å². The number of nitrogens with one attached hydrogen (secondary N) is 1. The third-order valence-corrected chi connectivity index (χ3v) is 7.92. The van der Waals surface area contributed by atoms with Crippen molar-refractivity contribution in [2.75, 3.05) is 0 Å². The van der Waals surface area contributed by atoms with E-state index in [0.29, 0.717) is 12.0 Å². The number of rotatable bonds is 6. The second-order valence-corrected chi connectivity index (χ2v) is 11.7. The lowest BCUT2D eigenvalue weighted by Crippen LogP contribution is -2.47. The van der Waals surface area contributed by atoms with Crippen molar-refractivity contribution in [3.05, 3.63) is 65.2 Å². The van der Waals surface area contributed by atoms with E-state index in [4.69, 9.17) is 20.0 Å². The first-order valence-electron chi connectivity index (χ1n) is 13.5. The van der Waals surface area contributed by atoms with E-state index in [1.165, 1.54) is 0 Å². The van der Waals surface area contributed by atoms with Crippen LogP contribution in [0.2, 0.25) is 0 Å². The average Bonchev–Trinajstić information content (AvgIpc) is 3.24. The summed E-state index contributed by atoms with van der Waals surface area (Å²) < 4.78 is 12.2. The van der Waals surface area contributed by atoms with Crippen LogP contribution in [0.4, 0.5) is 0 Å². The second-order valence-electron chi connectivity index (χ2n) is 11.7. The van der Waals surface area contributed by atoms with Gasteiger partial charge in [-0.1, -0.05) is 30.3 Å². The molecule has 198 valence electrons. The van der Waals surface area contributed by atoms with Crippen molar-refractivity contribution < 1.29 is 23.9 Å². The van der Waals surface area contributed by atoms with Crippen molar-refractivity contribution in [2.24, 2.45) is 11.7 Å². The number of benzene rings is 2. The van der Waals surface area contributed by atoms with Gasteiger partial charge in [0.15, 0.2) is 0 Å². The highest BCUT2D eigenvalue weighted by molar-refractivity contribution is 5.93. The normalized spacial score (nSPS) is 28.0. The van der Waals surface area contributed by atoms with Crippen LogP contribution in [0, 0.1) is 5.92 Å². The van der Waals surface area contributed by atoms with Gasteiger partial charge >= 0.3 is 5.97 Å². The van der Waals surface area contributed by atoms with Gasteiger partial charge in [-0.2, -0.15) is 5.48 Å². The summed E-state index contributed by atoms with van der Waals surface area (Å²) in [7, 11) is 0. The molecule has 0 radical (unpaired) electrons. The zero-order valence-electron chi connectivity index (χ0n) is 22.0. The van der Waals surface area contributed by atoms with Gasteiger partial charge in [-0.05, 0) is 83.1 Å². The summed E-state index contributed by atoms with van der Waals surface area (Å²) in [6.07, 6.45) is 6.47. The highest BCUT2D eigenvalue weighted by Gasteiger charge is 2.55. The van der Waals surface area contributed by atoms with Gasteiger partial charge in [0, 0.05) is 23.5 Å². The maximum Gasteiger partial charge on any atom is 0.310 e. The molecule has 1 unspecified atom stereocenters. The summed E-state index contributed by atoms with van der Waals surface area (Å²) in [5.41, 5.74) is 10.1. The number of amides is 1. The monoisotopic (exact) mass is 506 g/mol. The molecule has 1 amide bonds. The first-order chi connectivity index (χ1) is 17.7. The van der Waals surface area contributed by atoms with Crippen LogP contribution in [-0.2, 0) is 14.4 Å². The average molecular weight is 507 g/mol. The second kappa shape index (κ2) is 10.1. The highest BCUT2D eigenvalue weighted by atomic mass is 16.7. The molecule has 2 saturated carbocycles. The lowest BCUT2D eigenvalue weighted by atomic mass is 9.64. The Morgan fingerprint density at radius 2 is 1.81 bits per heavy atom. The fraction of sp³-hybridized carbons (Fsp3) is 0.533. The molecule has 1 heterocycles. The number of nitrogens with two attached hydrogens (primary N) is 1. The van der Waals surface area contributed by atoms with Gasteiger partial charge in [0.05, 0.1) is 23.7 Å². The van der Waals surface area contributed by atoms with Crippen LogP contribution >= 0.6 is 0 Å². The van der Waals surface area contributed by atoms with E-state index < -0.39 is 17.1 Å². The van der Waals surface area contributed by atoms with Crippen LogP contribution in [0.3, 0.4) is 0 Å². The Morgan fingerprint density at radius 3 is 2.46 bits per heavy atom. The van der Waals surface area contributed by atoms with Gasteiger partial charge in [-0.25, -0.2) is 0 Å². The van der Waals surface area contributed by atoms with Crippen molar-refractivity contribution in [3.8, 4) is 5.75 Å². The Kier molecular flexibility index (Phi) is 7.03. The van der Waals surface area contributed by atoms with Gasteiger partial charge in [0.1, 0.15) is 11.4 Å². The number of carbonyl (C=O) groups is 2. The third-order valence-electron chi connectivity index (χ3n) is 7.92. The SMILES string of the molecule is CC(C)(C)OC(=O)C1CCC[C@@]2(C[C@@H](c3cc(C(N)=O)ccc3OC3CCC3)NO2)[C@@H]1c1ccccc1. The van der Waals surface area contributed by atoms with Crippen molar-refractivity contribution in [1.82, 2.24) is 5.48 Å². The lowest BCUT2D eigenvalue weighted by molar-refractivity contribution is -0.170. The first-order valence-corrected chi connectivity index (χ1v) is 13.5. The van der Waals surface area contributed by atoms with Gasteiger partial charge in [-0.15, -0.1) is 0 Å². The maximum absolute atomic E-state index is 13.5. The number of esters is 1. The van der Waals surface area contributed by atoms with E-state index >= 15 is 0 Å². The maximum atomic E-state index is 13.5. The van der Waals surface area contributed by atoms with Crippen LogP contribution in [0.15, 0.2) is 48.5 Å². The fourth-order valence-corrected chi connectivity index (χ4v) is 6.02. The molecule has 0 bridgehead atoms. The molecular formula is C30H38N2O5. The molecule has 2 aromatic carbocycles. The molecule has 7 nitrogen and oxygen atoms in total. The Labute approximate surface area is 219 Å². The number of hydrogen-bond acceptors (Lipinski definition) is 6. The molecular weight excluding hydrogens is 468 g/mol. The molecule has 7 heteroatoms. The van der Waals surface area contributed by atoms with E-state index in [2.05, 4.69) is 17.6 Å². The summed E-state index contributed by atoms with van der Waals surface area (Å²) in [4.78, 5) is 32.0. The van der Waals surface area contributed by atoms with Gasteiger partial charge in [-0.3, -0.25) is 14.4 Å². The molecule has 3 fully saturated rings. The predicted molar refractivity (Wildman–Crippen MR) is 140 cm³/mol. The smallest absolute Gasteiger partial charge is 0.310 e. The van der Waals surface area contributed by atoms with Gasteiger partial charge < -0.3 is 15.2 Å². The number of hydrogen-bond donors (Lipinski definition) is 2. The Balaban J connectivity index is 1.49. The zero-order valence-corrected chi connectivity index (χ0v) is 22.0. The number of ether oxygens (including phenoxy) is 2. The summed E-state index contributed by atoms with van der Waals surface area (Å²) in [5.74, 6) is -0.403. The minimum atomic E-state index is -0.609. The molecule has 1 aliphatic heterocycles. The largest absolute Gasteiger partial charge is 0.490 e. The molecule has 1 saturated heterocycles. The number of carbonyl (C=O) groups excluding carboxylic acids is 2. The summed E-state index contributed by atoms with van der Waals surface area (Å²) >= 11 is 0. The molecule has 1 spiro atoms. The van der Waals surface area contributed by atoms with Gasteiger partial charge in [0.25, 0.3) is 0 Å². The van der Waals surface area contributed by atoms with Crippen molar-refractivity contribution in [3.63, 3.8) is 0 Å². The molecule has 0 aromatic heterocycles. The van der Waals surface area contributed by atoms with Crippen LogP contribution < -0.4 is 16.0 Å². The van der Waals surface area contributed by atoms with E-state index in [1.54, 1.807) is 6.07 Å². The Morgan fingerprint density at radius 1 is 1.05 bits per heavy atom. The quantitative estimate of drug-likeness (QED) is 0.513. The number of hydroxylamine groups is 1. The molecule has 2 aromatic rings.